The highest BCUT2D eigenvalue weighted by Crippen LogP contribution is 2.13. The van der Waals surface area contributed by atoms with Crippen molar-refractivity contribution in [1.82, 2.24) is 0 Å². The van der Waals surface area contributed by atoms with E-state index in [1.807, 2.05) is 6.92 Å². The van der Waals surface area contributed by atoms with E-state index < -0.39 is 0 Å². The quantitative estimate of drug-likeness (QED) is 0.619. The van der Waals surface area contributed by atoms with Crippen molar-refractivity contribution in [2.45, 2.75) is 32.2 Å². The van der Waals surface area contributed by atoms with Gasteiger partial charge in [-0.2, -0.15) is 0 Å². The van der Waals surface area contributed by atoms with Crippen LogP contribution in [-0.4, -0.2) is 6.04 Å². The summed E-state index contributed by atoms with van der Waals surface area (Å²) in [5.41, 5.74) is 7.05. The number of allylic oxidation sites excluding steroid dienone is 3. The summed E-state index contributed by atoms with van der Waals surface area (Å²) in [7, 11) is 0. The van der Waals surface area contributed by atoms with Crippen LogP contribution in [0.25, 0.3) is 0 Å². The van der Waals surface area contributed by atoms with Crippen molar-refractivity contribution in [3.8, 4) is 0 Å². The van der Waals surface area contributed by atoms with Gasteiger partial charge in [0.05, 0.1) is 0 Å². The van der Waals surface area contributed by atoms with Gasteiger partial charge in [-0.15, -0.1) is 0 Å². The molecule has 2 N–H and O–H groups in total. The molecule has 1 atom stereocenters. The van der Waals surface area contributed by atoms with Crippen LogP contribution < -0.4 is 5.73 Å². The lowest BCUT2D eigenvalue weighted by Gasteiger charge is -2.08. The fourth-order valence-electron chi connectivity index (χ4n) is 1.19. The highest BCUT2D eigenvalue weighted by molar-refractivity contribution is 5.22. The number of rotatable bonds is 2. The maximum Gasteiger partial charge on any atom is 0.00507 e. The van der Waals surface area contributed by atoms with E-state index in [1.165, 1.54) is 18.4 Å². The van der Waals surface area contributed by atoms with Crippen molar-refractivity contribution in [3.05, 3.63) is 23.8 Å². The second kappa shape index (κ2) is 3.57. The number of hydrogen-bond acceptors (Lipinski definition) is 1. The highest BCUT2D eigenvalue weighted by Gasteiger charge is 1.99. The molecule has 0 aromatic heterocycles. The van der Waals surface area contributed by atoms with Gasteiger partial charge >= 0.3 is 0 Å². The summed E-state index contributed by atoms with van der Waals surface area (Å²) < 4.78 is 0. The average molecular weight is 137 g/mol. The molecule has 10 heavy (non-hydrogen) atoms. The van der Waals surface area contributed by atoms with Gasteiger partial charge in [-0.25, -0.2) is 0 Å². The maximum absolute atomic E-state index is 5.65. The Hall–Kier alpha value is -0.560. The molecule has 1 rings (SSSR count). The summed E-state index contributed by atoms with van der Waals surface area (Å²) in [6.45, 7) is 2.04. The molecule has 0 heterocycles. The molecule has 0 aromatic rings. The average Bonchev–Trinajstić information content (AvgIpc) is 1.88. The minimum absolute atomic E-state index is 0.300. The molecule has 0 spiro atoms. The van der Waals surface area contributed by atoms with Crippen molar-refractivity contribution < 1.29 is 0 Å². The normalized spacial score (nSPS) is 20.4. The third-order valence-corrected chi connectivity index (χ3v) is 1.63. The molecule has 0 saturated heterocycles. The predicted molar refractivity (Wildman–Crippen MR) is 44.7 cm³/mol. The summed E-state index contributed by atoms with van der Waals surface area (Å²) in [6, 6.07) is 0.300. The second-order valence-electron chi connectivity index (χ2n) is 2.94. The van der Waals surface area contributed by atoms with Gasteiger partial charge in [0.25, 0.3) is 0 Å². The Morgan fingerprint density at radius 1 is 1.60 bits per heavy atom. The molecule has 0 unspecified atom stereocenters. The van der Waals surface area contributed by atoms with Gasteiger partial charge in [0, 0.05) is 6.04 Å². The van der Waals surface area contributed by atoms with E-state index in [1.54, 1.807) is 0 Å². The molecule has 0 saturated carbocycles. The standard InChI is InChI=1S/C9H15N/c1-8(10)7-9-5-3-2-4-6-9/h3,5-6,8H,2,4,7,10H2,1H3/t8-/m0/s1. The van der Waals surface area contributed by atoms with Gasteiger partial charge in [-0.3, -0.25) is 0 Å². The number of hydrogen-bond donors (Lipinski definition) is 1. The van der Waals surface area contributed by atoms with Gasteiger partial charge in [-0.1, -0.05) is 23.8 Å². The van der Waals surface area contributed by atoms with Gasteiger partial charge < -0.3 is 5.73 Å². The Morgan fingerprint density at radius 2 is 2.40 bits per heavy atom. The van der Waals surface area contributed by atoms with Crippen molar-refractivity contribution in [2.24, 2.45) is 5.73 Å². The monoisotopic (exact) mass is 137 g/mol. The van der Waals surface area contributed by atoms with E-state index in [4.69, 9.17) is 5.73 Å². The molecule has 0 radical (unpaired) electrons. The van der Waals surface area contributed by atoms with Gasteiger partial charge in [-0.05, 0) is 26.2 Å². The first kappa shape index (κ1) is 7.55. The Morgan fingerprint density at radius 3 is 2.90 bits per heavy atom. The van der Waals surface area contributed by atoms with Crippen molar-refractivity contribution in [1.29, 1.82) is 0 Å². The predicted octanol–water partition coefficient (Wildman–Crippen LogP) is 2.00. The molecule has 1 nitrogen and oxygen atoms in total. The summed E-state index contributed by atoms with van der Waals surface area (Å²) in [4.78, 5) is 0. The molecule has 0 fully saturated rings. The lowest BCUT2D eigenvalue weighted by Crippen LogP contribution is -2.15. The smallest absolute Gasteiger partial charge is 0.00507 e. The van der Waals surface area contributed by atoms with Crippen LogP contribution in [0.1, 0.15) is 26.2 Å². The van der Waals surface area contributed by atoms with Crippen molar-refractivity contribution >= 4 is 0 Å². The van der Waals surface area contributed by atoms with Crippen molar-refractivity contribution in [2.75, 3.05) is 0 Å². The van der Waals surface area contributed by atoms with Crippen LogP contribution >= 0.6 is 0 Å². The van der Waals surface area contributed by atoms with Gasteiger partial charge in [0.2, 0.25) is 0 Å². The van der Waals surface area contributed by atoms with E-state index in [9.17, 15) is 0 Å². The molecular weight excluding hydrogens is 122 g/mol. The van der Waals surface area contributed by atoms with E-state index in [0.717, 1.165) is 6.42 Å². The molecular formula is C9H15N. The first-order valence-electron chi connectivity index (χ1n) is 3.90. The first-order chi connectivity index (χ1) is 4.79. The Kier molecular flexibility index (Phi) is 2.69. The van der Waals surface area contributed by atoms with E-state index in [2.05, 4.69) is 18.2 Å². The number of nitrogens with two attached hydrogens (primary N) is 1. The van der Waals surface area contributed by atoms with Crippen LogP contribution in [0.2, 0.25) is 0 Å². The molecule has 56 valence electrons. The first-order valence-corrected chi connectivity index (χ1v) is 3.90. The second-order valence-corrected chi connectivity index (χ2v) is 2.94. The van der Waals surface area contributed by atoms with Crippen LogP contribution in [-0.2, 0) is 0 Å². The molecule has 1 aliphatic carbocycles. The zero-order valence-corrected chi connectivity index (χ0v) is 6.51. The summed E-state index contributed by atoms with van der Waals surface area (Å²) in [5, 5.41) is 0. The Bertz CT molecular complexity index is 154. The summed E-state index contributed by atoms with van der Waals surface area (Å²) >= 11 is 0. The molecule has 0 aliphatic heterocycles. The van der Waals surface area contributed by atoms with E-state index >= 15 is 0 Å². The lowest BCUT2D eigenvalue weighted by molar-refractivity contribution is 0.734. The van der Waals surface area contributed by atoms with Crippen LogP contribution in [0, 0.1) is 0 Å². The fourth-order valence-corrected chi connectivity index (χ4v) is 1.19. The SMILES string of the molecule is C[C@H](N)CC1=CCCC=C1. The zero-order chi connectivity index (χ0) is 7.40. The molecule has 0 amide bonds. The van der Waals surface area contributed by atoms with Crippen molar-refractivity contribution in [3.63, 3.8) is 0 Å². The van der Waals surface area contributed by atoms with Crippen LogP contribution in [0.15, 0.2) is 23.8 Å². The lowest BCUT2D eigenvalue weighted by atomic mass is 10.0. The summed E-state index contributed by atoms with van der Waals surface area (Å²) in [5.74, 6) is 0. The van der Waals surface area contributed by atoms with E-state index in [0.29, 0.717) is 6.04 Å². The molecule has 1 aliphatic rings. The molecule has 0 aromatic carbocycles. The maximum atomic E-state index is 5.65. The third kappa shape index (κ3) is 2.36. The summed E-state index contributed by atoms with van der Waals surface area (Å²) in [6.07, 6.45) is 10.1. The third-order valence-electron chi connectivity index (χ3n) is 1.63. The molecule has 1 heteroatoms. The van der Waals surface area contributed by atoms with Crippen LogP contribution in [0.3, 0.4) is 0 Å². The minimum Gasteiger partial charge on any atom is -0.328 e. The fraction of sp³-hybridized carbons (Fsp3) is 0.556. The Balaban J connectivity index is 2.40. The van der Waals surface area contributed by atoms with Crippen LogP contribution in [0.4, 0.5) is 0 Å². The topological polar surface area (TPSA) is 26.0 Å². The van der Waals surface area contributed by atoms with Gasteiger partial charge in [0.1, 0.15) is 0 Å². The van der Waals surface area contributed by atoms with E-state index in [-0.39, 0.29) is 0 Å². The molecule has 0 bridgehead atoms. The van der Waals surface area contributed by atoms with Gasteiger partial charge in [0.15, 0.2) is 0 Å². The minimum atomic E-state index is 0.300. The Labute approximate surface area is 62.6 Å². The largest absolute Gasteiger partial charge is 0.328 e. The zero-order valence-electron chi connectivity index (χ0n) is 6.51. The van der Waals surface area contributed by atoms with Crippen LogP contribution in [0.5, 0.6) is 0 Å². The highest BCUT2D eigenvalue weighted by atomic mass is 14.6.